The van der Waals surface area contributed by atoms with Crippen LogP contribution in [0, 0.1) is 0 Å². The highest BCUT2D eigenvalue weighted by atomic mass is 32.2. The van der Waals surface area contributed by atoms with Gasteiger partial charge in [0, 0.05) is 35.9 Å². The summed E-state index contributed by atoms with van der Waals surface area (Å²) in [5.41, 5.74) is 4.77. The summed E-state index contributed by atoms with van der Waals surface area (Å²) >= 11 is 0. The molecular formula is C28H34N4O6S. The van der Waals surface area contributed by atoms with Crippen molar-refractivity contribution < 1.29 is 27.4 Å². The van der Waals surface area contributed by atoms with Crippen LogP contribution in [0.1, 0.15) is 42.4 Å². The average molecular weight is 555 g/mol. The second-order valence-corrected chi connectivity index (χ2v) is 12.1. The smallest absolute Gasteiger partial charge is 0.258 e. The van der Waals surface area contributed by atoms with Gasteiger partial charge in [-0.05, 0) is 54.4 Å². The van der Waals surface area contributed by atoms with Crippen LogP contribution in [0.15, 0.2) is 48.5 Å². The molecule has 2 aromatic carbocycles. The lowest BCUT2D eigenvalue weighted by atomic mass is 9.91. The number of amides is 1. The van der Waals surface area contributed by atoms with Crippen LogP contribution < -0.4 is 14.4 Å². The Hall–Kier alpha value is -3.54. The third kappa shape index (κ3) is 7.11. The molecule has 0 radical (unpaired) electrons. The van der Waals surface area contributed by atoms with Crippen molar-refractivity contribution in [3.8, 4) is 17.0 Å². The molecule has 1 amide bonds. The Morgan fingerprint density at radius 3 is 2.49 bits per heavy atom. The van der Waals surface area contributed by atoms with E-state index >= 15 is 0 Å². The monoisotopic (exact) mass is 554 g/mol. The summed E-state index contributed by atoms with van der Waals surface area (Å²) in [6, 6.07) is 14.5. The van der Waals surface area contributed by atoms with E-state index in [9.17, 15) is 13.2 Å². The van der Waals surface area contributed by atoms with Crippen LogP contribution in [0.2, 0.25) is 0 Å². The maximum Gasteiger partial charge on any atom is 0.258 e. The third-order valence-electron chi connectivity index (χ3n) is 6.21. The van der Waals surface area contributed by atoms with Gasteiger partial charge in [-0.25, -0.2) is 8.42 Å². The molecular weight excluding hydrogens is 520 g/mol. The van der Waals surface area contributed by atoms with E-state index < -0.39 is 10.0 Å². The first-order chi connectivity index (χ1) is 18.5. The molecule has 2 heterocycles. The molecule has 0 unspecified atom stereocenters. The number of ether oxygens (including phenoxy) is 3. The largest absolute Gasteiger partial charge is 0.465 e. The van der Waals surface area contributed by atoms with E-state index in [-0.39, 0.29) is 29.6 Å². The van der Waals surface area contributed by atoms with Crippen LogP contribution in [-0.2, 0) is 31.3 Å². The van der Waals surface area contributed by atoms with Crippen molar-refractivity contribution in [2.75, 3.05) is 49.5 Å². The summed E-state index contributed by atoms with van der Waals surface area (Å²) in [7, 11) is -2.03. The number of nitrogens with one attached hydrogen (secondary N) is 1. The number of carbonyl (C=O) groups excluding carboxylic acids is 1. The lowest BCUT2D eigenvalue weighted by Gasteiger charge is -2.29. The first kappa shape index (κ1) is 28.5. The minimum absolute atomic E-state index is 0.0805. The Labute approximate surface area is 229 Å². The van der Waals surface area contributed by atoms with Gasteiger partial charge in [0.1, 0.15) is 5.75 Å². The molecule has 0 atom stereocenters. The Bertz CT molecular complexity index is 1440. The fourth-order valence-corrected chi connectivity index (χ4v) is 4.74. The molecule has 208 valence electrons. The normalized spacial score (nSPS) is 13.8. The number of nitrogens with zero attached hydrogens (tertiary/aromatic N) is 3. The predicted molar refractivity (Wildman–Crippen MR) is 150 cm³/mol. The number of rotatable bonds is 10. The van der Waals surface area contributed by atoms with Crippen LogP contribution in [0.25, 0.3) is 11.3 Å². The summed E-state index contributed by atoms with van der Waals surface area (Å²) in [5.74, 6) is 0.119. The molecule has 0 spiro atoms. The molecule has 0 saturated carbocycles. The van der Waals surface area contributed by atoms with Crippen molar-refractivity contribution in [1.29, 1.82) is 0 Å². The van der Waals surface area contributed by atoms with Crippen molar-refractivity contribution in [3.63, 3.8) is 0 Å². The van der Waals surface area contributed by atoms with Gasteiger partial charge in [0.2, 0.25) is 10.0 Å². The van der Waals surface area contributed by atoms with Crippen LogP contribution in [0.3, 0.4) is 0 Å². The average Bonchev–Trinajstić information content (AvgIpc) is 2.88. The molecule has 0 bridgehead atoms. The zero-order valence-corrected chi connectivity index (χ0v) is 23.7. The van der Waals surface area contributed by atoms with E-state index in [4.69, 9.17) is 14.2 Å². The van der Waals surface area contributed by atoms with Crippen LogP contribution in [0.5, 0.6) is 5.75 Å². The number of hydrogen-bond acceptors (Lipinski definition) is 8. The summed E-state index contributed by atoms with van der Waals surface area (Å²) in [6.07, 6.45) is 1.68. The predicted octanol–water partition coefficient (Wildman–Crippen LogP) is 4.01. The summed E-state index contributed by atoms with van der Waals surface area (Å²) in [6.45, 7) is 7.37. The fourth-order valence-electron chi connectivity index (χ4n) is 4.18. The Balaban J connectivity index is 1.55. The van der Waals surface area contributed by atoms with Gasteiger partial charge >= 0.3 is 0 Å². The number of carbonyl (C=O) groups is 1. The number of anilines is 2. The summed E-state index contributed by atoms with van der Waals surface area (Å²) in [4.78, 5) is 15.1. The SMILES string of the molecule is COCCOCOc1ccc(N2CCc3cc(-c4ccc(C(C)(C)C)nn4)ccc3C2=O)cc1NS(C)(=O)=O. The molecule has 0 fully saturated rings. The molecule has 1 aliphatic rings. The van der Waals surface area contributed by atoms with Gasteiger partial charge in [0.25, 0.3) is 5.91 Å². The molecule has 1 N–H and O–H groups in total. The number of methoxy groups -OCH3 is 1. The van der Waals surface area contributed by atoms with Crippen molar-refractivity contribution in [2.24, 2.45) is 0 Å². The second-order valence-electron chi connectivity index (χ2n) is 10.4. The topological polar surface area (TPSA) is 120 Å². The van der Waals surface area contributed by atoms with Gasteiger partial charge in [-0.1, -0.05) is 26.8 Å². The molecule has 1 aromatic heterocycles. The van der Waals surface area contributed by atoms with Gasteiger partial charge in [-0.15, -0.1) is 0 Å². The van der Waals surface area contributed by atoms with Gasteiger partial charge < -0.3 is 19.1 Å². The quantitative estimate of drug-likeness (QED) is 0.295. The third-order valence-corrected chi connectivity index (χ3v) is 6.80. The van der Waals surface area contributed by atoms with Crippen molar-refractivity contribution >= 4 is 27.3 Å². The number of benzene rings is 2. The maximum absolute atomic E-state index is 13.5. The Morgan fingerprint density at radius 2 is 1.82 bits per heavy atom. The van der Waals surface area contributed by atoms with E-state index in [0.29, 0.717) is 37.4 Å². The molecule has 4 rings (SSSR count). The number of sulfonamides is 1. The first-order valence-corrected chi connectivity index (χ1v) is 14.5. The highest BCUT2D eigenvalue weighted by Gasteiger charge is 2.27. The Morgan fingerprint density at radius 1 is 1.03 bits per heavy atom. The Kier molecular flexibility index (Phi) is 8.53. The number of fused-ring (bicyclic) bond motifs is 1. The van der Waals surface area contributed by atoms with Gasteiger partial charge in [-0.3, -0.25) is 9.52 Å². The first-order valence-electron chi connectivity index (χ1n) is 12.6. The minimum atomic E-state index is -3.60. The van der Waals surface area contributed by atoms with E-state index in [1.54, 1.807) is 30.2 Å². The molecule has 39 heavy (non-hydrogen) atoms. The molecule has 11 heteroatoms. The standard InChI is InChI=1S/C28H34N4O6S/c1-28(2,3)26-11-9-23(29-30-26)20-6-8-22-19(16-20)12-13-32(27(22)33)21-7-10-25(38-18-37-15-14-36-4)24(17-21)31-39(5,34)35/h6-11,16-17,31H,12-15,18H2,1-5H3. The van der Waals surface area contributed by atoms with E-state index in [1.165, 1.54) is 0 Å². The zero-order valence-electron chi connectivity index (χ0n) is 22.9. The lowest BCUT2D eigenvalue weighted by Crippen LogP contribution is -2.37. The molecule has 1 aliphatic heterocycles. The van der Waals surface area contributed by atoms with E-state index in [1.807, 2.05) is 30.3 Å². The van der Waals surface area contributed by atoms with Crippen molar-refractivity contribution in [1.82, 2.24) is 10.2 Å². The van der Waals surface area contributed by atoms with Crippen molar-refractivity contribution in [3.05, 3.63) is 65.4 Å². The molecule has 10 nitrogen and oxygen atoms in total. The van der Waals surface area contributed by atoms with Crippen LogP contribution in [0.4, 0.5) is 11.4 Å². The summed E-state index contributed by atoms with van der Waals surface area (Å²) < 4.78 is 42.3. The molecule has 0 aliphatic carbocycles. The van der Waals surface area contributed by atoms with E-state index in [2.05, 4.69) is 35.7 Å². The number of aromatic nitrogens is 2. The fraction of sp³-hybridized carbons (Fsp3) is 0.393. The zero-order chi connectivity index (χ0) is 28.2. The maximum atomic E-state index is 13.5. The van der Waals surface area contributed by atoms with Crippen LogP contribution >= 0.6 is 0 Å². The van der Waals surface area contributed by atoms with Gasteiger partial charge in [-0.2, -0.15) is 10.2 Å². The summed E-state index contributed by atoms with van der Waals surface area (Å²) in [5, 5.41) is 8.78. The number of hydrogen-bond donors (Lipinski definition) is 1. The second kappa shape index (κ2) is 11.7. The van der Waals surface area contributed by atoms with Crippen molar-refractivity contribution in [2.45, 2.75) is 32.6 Å². The van der Waals surface area contributed by atoms with E-state index in [0.717, 1.165) is 28.8 Å². The minimum Gasteiger partial charge on any atom is -0.465 e. The van der Waals surface area contributed by atoms with Gasteiger partial charge in [0.05, 0.1) is 36.5 Å². The molecule has 3 aromatic rings. The highest BCUT2D eigenvalue weighted by molar-refractivity contribution is 7.92. The van der Waals surface area contributed by atoms with Crippen LogP contribution in [-0.4, -0.2) is 64.4 Å². The highest BCUT2D eigenvalue weighted by Crippen LogP contribution is 2.34. The lowest BCUT2D eigenvalue weighted by molar-refractivity contribution is -0.00813. The molecule has 0 saturated heterocycles. The van der Waals surface area contributed by atoms with Gasteiger partial charge in [0.15, 0.2) is 6.79 Å².